The van der Waals surface area contributed by atoms with E-state index in [1.807, 2.05) is 12.1 Å². The normalized spacial score (nSPS) is 18.4. The average molecular weight is 246 g/mol. The maximum absolute atomic E-state index is 13.6. The number of rotatable bonds is 2. The van der Waals surface area contributed by atoms with Crippen LogP contribution in [-0.2, 0) is 0 Å². The summed E-state index contributed by atoms with van der Waals surface area (Å²) in [6.07, 6.45) is 3.48. The molecule has 1 saturated heterocycles. The summed E-state index contributed by atoms with van der Waals surface area (Å²) in [6.45, 7) is 6.49. The fraction of sp³-hybridized carbons (Fsp3) is 0.533. The smallest absolute Gasteiger partial charge is 0.143 e. The van der Waals surface area contributed by atoms with Gasteiger partial charge in [-0.1, -0.05) is 20.3 Å². The summed E-state index contributed by atoms with van der Waals surface area (Å²) in [5, 5.41) is 8.72. The monoisotopic (exact) mass is 246 g/mol. The number of halogens is 1. The molecule has 0 aromatic heterocycles. The summed E-state index contributed by atoms with van der Waals surface area (Å²) in [5.74, 6) is -0.418. The van der Waals surface area contributed by atoms with Crippen LogP contribution in [0.25, 0.3) is 0 Å². The average Bonchev–Trinajstić information content (AvgIpc) is 2.39. The second kappa shape index (κ2) is 4.97. The molecule has 0 atom stereocenters. The Balaban J connectivity index is 2.11. The summed E-state index contributed by atoms with van der Waals surface area (Å²) in [5.41, 5.74) is 1.44. The van der Waals surface area contributed by atoms with Crippen LogP contribution in [0.1, 0.15) is 38.7 Å². The molecule has 1 heterocycles. The van der Waals surface area contributed by atoms with Crippen LogP contribution < -0.4 is 4.90 Å². The summed E-state index contributed by atoms with van der Waals surface area (Å²) in [4.78, 5) is 2.21. The molecule has 1 aliphatic rings. The van der Waals surface area contributed by atoms with Gasteiger partial charge in [-0.3, -0.25) is 0 Å². The van der Waals surface area contributed by atoms with Crippen molar-refractivity contribution >= 4 is 5.69 Å². The van der Waals surface area contributed by atoms with E-state index < -0.39 is 5.82 Å². The lowest BCUT2D eigenvalue weighted by Gasteiger charge is -2.40. The fourth-order valence-electron chi connectivity index (χ4n) is 2.45. The highest BCUT2D eigenvalue weighted by molar-refractivity contribution is 5.50. The summed E-state index contributed by atoms with van der Waals surface area (Å²) in [7, 11) is 0. The second-order valence-electron chi connectivity index (χ2n) is 5.43. The van der Waals surface area contributed by atoms with Crippen LogP contribution in [0.4, 0.5) is 10.1 Å². The molecule has 0 saturated carbocycles. The molecule has 18 heavy (non-hydrogen) atoms. The highest BCUT2D eigenvalue weighted by Gasteiger charge is 2.28. The Labute approximate surface area is 108 Å². The van der Waals surface area contributed by atoms with Crippen LogP contribution >= 0.6 is 0 Å². The predicted molar refractivity (Wildman–Crippen MR) is 71.0 cm³/mol. The molecule has 0 radical (unpaired) electrons. The van der Waals surface area contributed by atoms with Gasteiger partial charge in [0.15, 0.2) is 0 Å². The topological polar surface area (TPSA) is 27.0 Å². The Morgan fingerprint density at radius 1 is 1.39 bits per heavy atom. The maximum Gasteiger partial charge on any atom is 0.143 e. The van der Waals surface area contributed by atoms with Crippen molar-refractivity contribution in [1.82, 2.24) is 0 Å². The van der Waals surface area contributed by atoms with E-state index in [9.17, 15) is 4.39 Å². The van der Waals surface area contributed by atoms with Crippen molar-refractivity contribution in [2.45, 2.75) is 33.1 Å². The highest BCUT2D eigenvalue weighted by atomic mass is 19.1. The number of nitrogens with zero attached hydrogens (tertiary/aromatic N) is 2. The quantitative estimate of drug-likeness (QED) is 0.795. The molecule has 0 unspecified atom stereocenters. The van der Waals surface area contributed by atoms with Crippen LogP contribution in [0.5, 0.6) is 0 Å². The molecule has 1 aliphatic heterocycles. The van der Waals surface area contributed by atoms with Gasteiger partial charge in [-0.15, -0.1) is 0 Å². The summed E-state index contributed by atoms with van der Waals surface area (Å²) < 4.78 is 13.6. The Bertz CT molecular complexity index is 468. The standard InChI is InChI=1S/C15H19FN2/c1-3-15(2)6-8-18(9-7-15)13-5-4-12(11-17)14(16)10-13/h4-5,10H,3,6-9H2,1-2H3. The molecule has 3 heteroatoms. The third-order valence-electron chi connectivity index (χ3n) is 4.26. The van der Waals surface area contributed by atoms with Crippen LogP contribution in [0.2, 0.25) is 0 Å². The molecule has 0 bridgehead atoms. The van der Waals surface area contributed by atoms with Gasteiger partial charge >= 0.3 is 0 Å². The molecular formula is C15H19FN2. The first-order chi connectivity index (χ1) is 8.58. The molecule has 0 aliphatic carbocycles. The van der Waals surface area contributed by atoms with Crippen molar-refractivity contribution in [3.8, 4) is 6.07 Å². The van der Waals surface area contributed by atoms with E-state index in [-0.39, 0.29) is 5.56 Å². The van der Waals surface area contributed by atoms with Crippen LogP contribution in [0.3, 0.4) is 0 Å². The fourth-order valence-corrected chi connectivity index (χ4v) is 2.45. The van der Waals surface area contributed by atoms with Crippen LogP contribution in [0, 0.1) is 22.6 Å². The third kappa shape index (κ3) is 2.48. The van der Waals surface area contributed by atoms with Crippen LogP contribution in [0.15, 0.2) is 18.2 Å². The van der Waals surface area contributed by atoms with E-state index in [0.717, 1.165) is 31.6 Å². The summed E-state index contributed by atoms with van der Waals surface area (Å²) >= 11 is 0. The highest BCUT2D eigenvalue weighted by Crippen LogP contribution is 2.35. The Morgan fingerprint density at radius 3 is 2.56 bits per heavy atom. The lowest BCUT2D eigenvalue weighted by atomic mass is 9.78. The van der Waals surface area contributed by atoms with Gasteiger partial charge in [-0.2, -0.15) is 5.26 Å². The number of anilines is 1. The molecular weight excluding hydrogens is 227 g/mol. The number of benzene rings is 1. The molecule has 0 amide bonds. The Hall–Kier alpha value is -1.56. The van der Waals surface area contributed by atoms with E-state index in [4.69, 9.17) is 5.26 Å². The van der Waals surface area contributed by atoms with Gasteiger partial charge < -0.3 is 4.90 Å². The zero-order valence-corrected chi connectivity index (χ0v) is 11.0. The SMILES string of the molecule is CCC1(C)CCN(c2ccc(C#N)c(F)c2)CC1. The van der Waals surface area contributed by atoms with Crippen LogP contribution in [-0.4, -0.2) is 13.1 Å². The largest absolute Gasteiger partial charge is 0.371 e. The zero-order valence-electron chi connectivity index (χ0n) is 11.0. The van der Waals surface area contributed by atoms with Crippen molar-refractivity contribution in [1.29, 1.82) is 5.26 Å². The third-order valence-corrected chi connectivity index (χ3v) is 4.26. The molecule has 1 fully saturated rings. The lowest BCUT2D eigenvalue weighted by molar-refractivity contribution is 0.238. The van der Waals surface area contributed by atoms with E-state index >= 15 is 0 Å². The first kappa shape index (κ1) is 12.9. The number of piperidine rings is 1. The van der Waals surface area contributed by atoms with Gasteiger partial charge in [0.05, 0.1) is 5.56 Å². The molecule has 0 N–H and O–H groups in total. The van der Waals surface area contributed by atoms with Crippen molar-refractivity contribution in [3.05, 3.63) is 29.6 Å². The number of hydrogen-bond donors (Lipinski definition) is 0. The van der Waals surface area contributed by atoms with E-state index in [1.165, 1.54) is 12.5 Å². The number of nitriles is 1. The van der Waals surface area contributed by atoms with Gasteiger partial charge in [0.25, 0.3) is 0 Å². The molecule has 2 nitrogen and oxygen atoms in total. The molecule has 0 spiro atoms. The summed E-state index contributed by atoms with van der Waals surface area (Å²) in [6, 6.07) is 6.74. The molecule has 1 aromatic carbocycles. The second-order valence-corrected chi connectivity index (χ2v) is 5.43. The molecule has 2 rings (SSSR count). The first-order valence-electron chi connectivity index (χ1n) is 6.52. The minimum absolute atomic E-state index is 0.120. The minimum atomic E-state index is -0.418. The number of hydrogen-bond acceptors (Lipinski definition) is 2. The van der Waals surface area contributed by atoms with E-state index in [0.29, 0.717) is 5.41 Å². The lowest BCUT2D eigenvalue weighted by Crippen LogP contribution is -2.38. The van der Waals surface area contributed by atoms with Crippen molar-refractivity contribution in [2.24, 2.45) is 5.41 Å². The zero-order chi connectivity index (χ0) is 13.2. The van der Waals surface area contributed by atoms with E-state index in [1.54, 1.807) is 6.07 Å². The Kier molecular flexibility index (Phi) is 3.56. The molecule has 96 valence electrons. The van der Waals surface area contributed by atoms with Gasteiger partial charge in [-0.25, -0.2) is 4.39 Å². The maximum atomic E-state index is 13.6. The van der Waals surface area contributed by atoms with Gasteiger partial charge in [0.1, 0.15) is 11.9 Å². The predicted octanol–water partition coefficient (Wildman–Crippen LogP) is 3.71. The molecule has 1 aromatic rings. The Morgan fingerprint density at radius 2 is 2.06 bits per heavy atom. The van der Waals surface area contributed by atoms with E-state index in [2.05, 4.69) is 18.7 Å². The van der Waals surface area contributed by atoms with Crippen molar-refractivity contribution in [2.75, 3.05) is 18.0 Å². The first-order valence-corrected chi connectivity index (χ1v) is 6.52. The van der Waals surface area contributed by atoms with Gasteiger partial charge in [-0.05, 0) is 36.5 Å². The minimum Gasteiger partial charge on any atom is -0.371 e. The van der Waals surface area contributed by atoms with Gasteiger partial charge in [0.2, 0.25) is 0 Å². The van der Waals surface area contributed by atoms with Gasteiger partial charge in [0, 0.05) is 18.8 Å². The van der Waals surface area contributed by atoms with Crippen molar-refractivity contribution < 1.29 is 4.39 Å². The van der Waals surface area contributed by atoms with Crippen molar-refractivity contribution in [3.63, 3.8) is 0 Å².